The summed E-state index contributed by atoms with van der Waals surface area (Å²) < 4.78 is 13.9. The molecule has 0 fully saturated rings. The summed E-state index contributed by atoms with van der Waals surface area (Å²) >= 11 is 3.48. The van der Waals surface area contributed by atoms with E-state index in [1.165, 1.54) is 12.1 Å². The highest BCUT2D eigenvalue weighted by molar-refractivity contribution is 9.10. The molecule has 2 aromatic carbocycles. The molecular formula is C14H13BrFN. The average molecular weight is 294 g/mol. The van der Waals surface area contributed by atoms with Gasteiger partial charge in [0.25, 0.3) is 0 Å². The number of halogens is 2. The maximum Gasteiger partial charge on any atom is 0.123 e. The Hall–Kier alpha value is -1.19. The molecule has 0 heterocycles. The molecule has 2 N–H and O–H groups in total. The quantitative estimate of drug-likeness (QED) is 0.892. The molecule has 17 heavy (non-hydrogen) atoms. The van der Waals surface area contributed by atoms with E-state index in [1.807, 2.05) is 25.1 Å². The third-order valence-corrected chi connectivity index (χ3v) is 3.73. The van der Waals surface area contributed by atoms with Crippen molar-refractivity contribution in [3.63, 3.8) is 0 Å². The molecular weight excluding hydrogens is 281 g/mol. The Kier molecular flexibility index (Phi) is 3.60. The topological polar surface area (TPSA) is 26.0 Å². The normalized spacial score (nSPS) is 12.5. The summed E-state index contributed by atoms with van der Waals surface area (Å²) in [5, 5.41) is 0. The lowest BCUT2D eigenvalue weighted by atomic mass is 9.96. The Morgan fingerprint density at radius 2 is 1.76 bits per heavy atom. The highest BCUT2D eigenvalue weighted by Crippen LogP contribution is 2.27. The Balaban J connectivity index is 2.40. The van der Waals surface area contributed by atoms with Gasteiger partial charge in [-0.2, -0.15) is 0 Å². The van der Waals surface area contributed by atoms with E-state index in [9.17, 15) is 4.39 Å². The van der Waals surface area contributed by atoms with Crippen LogP contribution in [0.25, 0.3) is 0 Å². The third kappa shape index (κ3) is 2.56. The summed E-state index contributed by atoms with van der Waals surface area (Å²) in [5.41, 5.74) is 9.26. The molecule has 2 rings (SSSR count). The van der Waals surface area contributed by atoms with Crippen molar-refractivity contribution in [2.24, 2.45) is 5.73 Å². The van der Waals surface area contributed by atoms with Crippen LogP contribution in [0.1, 0.15) is 22.7 Å². The zero-order valence-electron chi connectivity index (χ0n) is 9.45. The van der Waals surface area contributed by atoms with Gasteiger partial charge in [0.2, 0.25) is 0 Å². The van der Waals surface area contributed by atoms with Gasteiger partial charge in [-0.3, -0.25) is 0 Å². The SMILES string of the molecule is Cc1c(Br)cccc1C(N)c1ccc(F)cc1. The van der Waals surface area contributed by atoms with E-state index in [4.69, 9.17) is 5.73 Å². The fourth-order valence-corrected chi connectivity index (χ4v) is 2.19. The molecule has 88 valence electrons. The van der Waals surface area contributed by atoms with E-state index in [2.05, 4.69) is 15.9 Å². The molecule has 0 saturated heterocycles. The van der Waals surface area contributed by atoms with Gasteiger partial charge in [-0.1, -0.05) is 40.2 Å². The molecule has 0 aliphatic rings. The van der Waals surface area contributed by atoms with Gasteiger partial charge in [0.1, 0.15) is 5.82 Å². The standard InChI is InChI=1S/C14H13BrFN/c1-9-12(3-2-4-13(9)15)14(17)10-5-7-11(16)8-6-10/h2-8,14H,17H2,1H3. The van der Waals surface area contributed by atoms with Crippen LogP contribution in [0.5, 0.6) is 0 Å². The van der Waals surface area contributed by atoms with Crippen LogP contribution in [0, 0.1) is 12.7 Å². The number of rotatable bonds is 2. The van der Waals surface area contributed by atoms with Gasteiger partial charge < -0.3 is 5.73 Å². The van der Waals surface area contributed by atoms with E-state index < -0.39 is 0 Å². The van der Waals surface area contributed by atoms with Crippen LogP contribution < -0.4 is 5.73 Å². The maximum atomic E-state index is 12.8. The van der Waals surface area contributed by atoms with Crippen molar-refractivity contribution in [1.82, 2.24) is 0 Å². The molecule has 0 aromatic heterocycles. The van der Waals surface area contributed by atoms with Gasteiger partial charge in [0.15, 0.2) is 0 Å². The smallest absolute Gasteiger partial charge is 0.123 e. The molecule has 0 bridgehead atoms. The van der Waals surface area contributed by atoms with Crippen LogP contribution in [-0.4, -0.2) is 0 Å². The molecule has 0 aliphatic carbocycles. The molecule has 3 heteroatoms. The fraction of sp³-hybridized carbons (Fsp3) is 0.143. The lowest BCUT2D eigenvalue weighted by molar-refractivity contribution is 0.626. The van der Waals surface area contributed by atoms with E-state index >= 15 is 0 Å². The Bertz CT molecular complexity index is 522. The minimum absolute atomic E-state index is 0.229. The first kappa shape index (κ1) is 12.3. The molecule has 0 saturated carbocycles. The predicted molar refractivity (Wildman–Crippen MR) is 71.3 cm³/mol. The second-order valence-electron chi connectivity index (χ2n) is 3.98. The van der Waals surface area contributed by atoms with Crippen LogP contribution in [0.15, 0.2) is 46.9 Å². The molecule has 0 radical (unpaired) electrons. The van der Waals surface area contributed by atoms with Gasteiger partial charge in [0.05, 0.1) is 6.04 Å². The second kappa shape index (κ2) is 4.98. The zero-order valence-corrected chi connectivity index (χ0v) is 11.0. The summed E-state index contributed by atoms with van der Waals surface area (Å²) in [7, 11) is 0. The van der Waals surface area contributed by atoms with Crippen LogP contribution in [-0.2, 0) is 0 Å². The molecule has 2 aromatic rings. The van der Waals surface area contributed by atoms with E-state index in [1.54, 1.807) is 12.1 Å². The number of hydrogen-bond donors (Lipinski definition) is 1. The van der Waals surface area contributed by atoms with Crippen molar-refractivity contribution in [3.8, 4) is 0 Å². The molecule has 1 atom stereocenters. The second-order valence-corrected chi connectivity index (χ2v) is 4.84. The summed E-state index contributed by atoms with van der Waals surface area (Å²) in [5.74, 6) is -0.244. The monoisotopic (exact) mass is 293 g/mol. The van der Waals surface area contributed by atoms with Crippen molar-refractivity contribution >= 4 is 15.9 Å². The summed E-state index contributed by atoms with van der Waals surface area (Å²) in [6.07, 6.45) is 0. The van der Waals surface area contributed by atoms with Gasteiger partial charge >= 0.3 is 0 Å². The van der Waals surface area contributed by atoms with Gasteiger partial charge in [-0.05, 0) is 41.8 Å². The first-order chi connectivity index (χ1) is 8.09. The summed E-state index contributed by atoms with van der Waals surface area (Å²) in [4.78, 5) is 0. The lowest BCUT2D eigenvalue weighted by Gasteiger charge is -2.16. The third-order valence-electron chi connectivity index (χ3n) is 2.87. The lowest BCUT2D eigenvalue weighted by Crippen LogP contribution is -2.13. The van der Waals surface area contributed by atoms with Crippen molar-refractivity contribution in [2.75, 3.05) is 0 Å². The van der Waals surface area contributed by atoms with Gasteiger partial charge in [0, 0.05) is 4.47 Å². The van der Waals surface area contributed by atoms with Crippen molar-refractivity contribution < 1.29 is 4.39 Å². The zero-order chi connectivity index (χ0) is 12.4. The predicted octanol–water partition coefficient (Wildman–Crippen LogP) is 3.94. The van der Waals surface area contributed by atoms with Crippen LogP contribution in [0.3, 0.4) is 0 Å². The minimum Gasteiger partial charge on any atom is -0.320 e. The van der Waals surface area contributed by atoms with Crippen molar-refractivity contribution in [2.45, 2.75) is 13.0 Å². The molecule has 0 spiro atoms. The highest BCUT2D eigenvalue weighted by Gasteiger charge is 2.12. The summed E-state index contributed by atoms with van der Waals surface area (Å²) in [6, 6.07) is 12.0. The van der Waals surface area contributed by atoms with Crippen LogP contribution in [0.4, 0.5) is 4.39 Å². The minimum atomic E-state index is -0.244. The first-order valence-electron chi connectivity index (χ1n) is 5.35. The maximum absolute atomic E-state index is 12.8. The highest BCUT2D eigenvalue weighted by atomic mass is 79.9. The largest absolute Gasteiger partial charge is 0.320 e. The van der Waals surface area contributed by atoms with E-state index in [0.29, 0.717) is 0 Å². The molecule has 0 amide bonds. The Morgan fingerprint density at radius 3 is 2.41 bits per heavy atom. The van der Waals surface area contributed by atoms with Crippen molar-refractivity contribution in [1.29, 1.82) is 0 Å². The number of benzene rings is 2. The first-order valence-corrected chi connectivity index (χ1v) is 6.15. The number of nitrogens with two attached hydrogens (primary N) is 1. The van der Waals surface area contributed by atoms with Gasteiger partial charge in [-0.15, -0.1) is 0 Å². The van der Waals surface area contributed by atoms with E-state index in [-0.39, 0.29) is 11.9 Å². The molecule has 1 nitrogen and oxygen atoms in total. The Morgan fingerprint density at radius 1 is 1.12 bits per heavy atom. The molecule has 1 unspecified atom stereocenters. The summed E-state index contributed by atoms with van der Waals surface area (Å²) in [6.45, 7) is 2.02. The Labute approximate surface area is 109 Å². The molecule has 0 aliphatic heterocycles. The van der Waals surface area contributed by atoms with Crippen LogP contribution >= 0.6 is 15.9 Å². The van der Waals surface area contributed by atoms with Gasteiger partial charge in [-0.25, -0.2) is 4.39 Å². The number of hydrogen-bond acceptors (Lipinski definition) is 1. The van der Waals surface area contributed by atoms with E-state index in [0.717, 1.165) is 21.2 Å². The van der Waals surface area contributed by atoms with Crippen LogP contribution in [0.2, 0.25) is 0 Å². The average Bonchev–Trinajstić information content (AvgIpc) is 2.33. The van der Waals surface area contributed by atoms with Crippen molar-refractivity contribution in [3.05, 3.63) is 69.4 Å². The fourth-order valence-electron chi connectivity index (χ4n) is 1.81.